The number of thioether (sulfide) groups is 1. The van der Waals surface area contributed by atoms with Crippen molar-refractivity contribution in [2.24, 2.45) is 0 Å². The number of hydrogen-bond donors (Lipinski definition) is 2. The first-order chi connectivity index (χ1) is 13.6. The molecule has 0 unspecified atom stereocenters. The van der Waals surface area contributed by atoms with E-state index in [1.807, 2.05) is 49.4 Å². The fraction of sp³-hybridized carbons (Fsp3) is 0.182. The van der Waals surface area contributed by atoms with Gasteiger partial charge in [-0.3, -0.25) is 4.79 Å². The first-order valence-corrected chi connectivity index (χ1v) is 9.99. The van der Waals surface area contributed by atoms with Crippen molar-refractivity contribution in [2.45, 2.75) is 18.4 Å². The topological polar surface area (TPSA) is 71.5 Å². The van der Waals surface area contributed by atoms with E-state index in [1.165, 1.54) is 11.8 Å². The lowest BCUT2D eigenvalue weighted by atomic mass is 10.0. The van der Waals surface area contributed by atoms with Crippen LogP contribution in [0.2, 0.25) is 0 Å². The van der Waals surface area contributed by atoms with E-state index < -0.39 is 5.97 Å². The summed E-state index contributed by atoms with van der Waals surface area (Å²) < 4.78 is 5.49. The van der Waals surface area contributed by atoms with Gasteiger partial charge in [0, 0.05) is 29.4 Å². The number of benzene rings is 2. The van der Waals surface area contributed by atoms with Crippen LogP contribution in [-0.4, -0.2) is 28.4 Å². The Morgan fingerprint density at radius 3 is 2.64 bits per heavy atom. The largest absolute Gasteiger partial charge is 0.481 e. The molecule has 6 heteroatoms. The minimum Gasteiger partial charge on any atom is -0.481 e. The Morgan fingerprint density at radius 2 is 1.89 bits per heavy atom. The van der Waals surface area contributed by atoms with Crippen LogP contribution < -0.4 is 10.1 Å². The summed E-state index contributed by atoms with van der Waals surface area (Å²) in [6, 6.07) is 20.1. The van der Waals surface area contributed by atoms with Gasteiger partial charge in [0.25, 0.3) is 0 Å². The number of carboxylic acid groups (broad SMARTS) is 1. The predicted octanol–water partition coefficient (Wildman–Crippen LogP) is 4.94. The van der Waals surface area contributed by atoms with Crippen molar-refractivity contribution in [3.8, 4) is 17.0 Å². The number of carbonyl (C=O) groups is 1. The Balaban J connectivity index is 1.63. The summed E-state index contributed by atoms with van der Waals surface area (Å²) in [6.07, 6.45) is 1.76. The van der Waals surface area contributed by atoms with Gasteiger partial charge in [0.1, 0.15) is 0 Å². The molecule has 0 fully saturated rings. The van der Waals surface area contributed by atoms with Crippen molar-refractivity contribution in [3.63, 3.8) is 0 Å². The Morgan fingerprint density at radius 1 is 1.11 bits per heavy atom. The van der Waals surface area contributed by atoms with Crippen molar-refractivity contribution in [3.05, 3.63) is 72.4 Å². The summed E-state index contributed by atoms with van der Waals surface area (Å²) in [6.45, 7) is 3.23. The van der Waals surface area contributed by atoms with Gasteiger partial charge in [-0.1, -0.05) is 18.2 Å². The monoisotopic (exact) mass is 394 g/mol. The number of ether oxygens (including phenoxy) is 1. The summed E-state index contributed by atoms with van der Waals surface area (Å²) in [7, 11) is 0. The molecule has 28 heavy (non-hydrogen) atoms. The minimum absolute atomic E-state index is 0.0690. The molecule has 0 aliphatic rings. The summed E-state index contributed by atoms with van der Waals surface area (Å²) in [5.41, 5.74) is 4.34. The fourth-order valence-electron chi connectivity index (χ4n) is 2.69. The smallest absolute Gasteiger partial charge is 0.313 e. The molecule has 144 valence electrons. The predicted molar refractivity (Wildman–Crippen MR) is 113 cm³/mol. The molecule has 0 saturated heterocycles. The lowest BCUT2D eigenvalue weighted by Crippen LogP contribution is -2.00. The number of nitrogens with one attached hydrogen (secondary N) is 1. The number of aromatic nitrogens is 1. The van der Waals surface area contributed by atoms with Crippen LogP contribution in [0.25, 0.3) is 11.1 Å². The molecule has 0 radical (unpaired) electrons. The van der Waals surface area contributed by atoms with Crippen LogP contribution in [0.3, 0.4) is 0 Å². The third-order valence-corrected chi connectivity index (χ3v) is 5.00. The van der Waals surface area contributed by atoms with Crippen molar-refractivity contribution in [1.29, 1.82) is 0 Å². The quantitative estimate of drug-likeness (QED) is 0.501. The number of aliphatic carboxylic acids is 1. The molecule has 0 bridgehead atoms. The van der Waals surface area contributed by atoms with E-state index >= 15 is 0 Å². The number of carboxylic acids is 1. The molecular formula is C22H22N2O3S. The first kappa shape index (κ1) is 19.8. The van der Waals surface area contributed by atoms with Crippen LogP contribution in [0.1, 0.15) is 12.5 Å². The molecule has 0 spiro atoms. The Hall–Kier alpha value is -2.99. The number of nitrogens with zero attached hydrogens (tertiary/aromatic N) is 1. The molecule has 1 aromatic heterocycles. The Labute approximate surface area is 168 Å². The zero-order valence-electron chi connectivity index (χ0n) is 15.6. The molecule has 2 aromatic carbocycles. The van der Waals surface area contributed by atoms with Gasteiger partial charge >= 0.3 is 5.97 Å². The van der Waals surface area contributed by atoms with E-state index in [0.717, 1.165) is 27.3 Å². The highest BCUT2D eigenvalue weighted by molar-refractivity contribution is 8.00. The van der Waals surface area contributed by atoms with E-state index in [4.69, 9.17) is 9.84 Å². The van der Waals surface area contributed by atoms with Gasteiger partial charge in [-0.25, -0.2) is 4.98 Å². The molecule has 0 aliphatic carbocycles. The van der Waals surface area contributed by atoms with Gasteiger partial charge in [-0.05, 0) is 60.0 Å². The molecule has 0 aliphatic heterocycles. The maximum atomic E-state index is 10.6. The third kappa shape index (κ3) is 5.76. The number of pyridine rings is 1. The Bertz CT molecular complexity index is 929. The Kier molecular flexibility index (Phi) is 6.92. The molecular weight excluding hydrogens is 372 g/mol. The van der Waals surface area contributed by atoms with Gasteiger partial charge in [0.15, 0.2) is 0 Å². The van der Waals surface area contributed by atoms with Gasteiger partial charge in [-0.15, -0.1) is 11.8 Å². The number of anilines is 1. The summed E-state index contributed by atoms with van der Waals surface area (Å²) in [5.74, 6) is -0.112. The van der Waals surface area contributed by atoms with E-state index in [0.29, 0.717) is 19.0 Å². The average Bonchev–Trinajstić information content (AvgIpc) is 2.72. The zero-order chi connectivity index (χ0) is 19.8. The molecule has 0 saturated carbocycles. The summed E-state index contributed by atoms with van der Waals surface area (Å²) in [4.78, 5) is 15.8. The van der Waals surface area contributed by atoms with Crippen molar-refractivity contribution >= 4 is 23.4 Å². The summed E-state index contributed by atoms with van der Waals surface area (Å²) >= 11 is 1.31. The van der Waals surface area contributed by atoms with Crippen LogP contribution in [0.15, 0.2) is 71.8 Å². The molecule has 3 rings (SSSR count). The van der Waals surface area contributed by atoms with E-state index in [2.05, 4.69) is 28.5 Å². The second kappa shape index (κ2) is 9.80. The highest BCUT2D eigenvalue weighted by Crippen LogP contribution is 2.24. The van der Waals surface area contributed by atoms with Gasteiger partial charge in [-0.2, -0.15) is 0 Å². The van der Waals surface area contributed by atoms with Crippen LogP contribution in [0.5, 0.6) is 5.88 Å². The molecule has 2 N–H and O–H groups in total. The van der Waals surface area contributed by atoms with E-state index in [1.54, 1.807) is 6.20 Å². The van der Waals surface area contributed by atoms with Crippen molar-refractivity contribution < 1.29 is 14.6 Å². The maximum Gasteiger partial charge on any atom is 0.313 e. The molecule has 5 nitrogen and oxygen atoms in total. The van der Waals surface area contributed by atoms with Crippen LogP contribution in [-0.2, 0) is 11.3 Å². The third-order valence-electron chi connectivity index (χ3n) is 4.00. The summed E-state index contributed by atoms with van der Waals surface area (Å²) in [5, 5.41) is 12.1. The first-order valence-electron chi connectivity index (χ1n) is 9.00. The number of rotatable bonds is 9. The highest BCUT2D eigenvalue weighted by Gasteiger charge is 2.03. The fourth-order valence-corrected chi connectivity index (χ4v) is 3.31. The van der Waals surface area contributed by atoms with Gasteiger partial charge < -0.3 is 15.2 Å². The molecule has 1 heterocycles. The van der Waals surface area contributed by atoms with Crippen LogP contribution in [0, 0.1) is 0 Å². The van der Waals surface area contributed by atoms with Crippen LogP contribution in [0.4, 0.5) is 5.69 Å². The zero-order valence-corrected chi connectivity index (χ0v) is 16.4. The lowest BCUT2D eigenvalue weighted by Gasteiger charge is -2.10. The van der Waals surface area contributed by atoms with E-state index in [-0.39, 0.29) is 5.75 Å². The highest BCUT2D eigenvalue weighted by atomic mass is 32.2. The van der Waals surface area contributed by atoms with E-state index in [9.17, 15) is 4.79 Å². The second-order valence-corrected chi connectivity index (χ2v) is 7.13. The van der Waals surface area contributed by atoms with Crippen molar-refractivity contribution in [2.75, 3.05) is 17.7 Å². The SMILES string of the molecule is CCOc1cc(-c2cccc(CNc3ccc(SCC(=O)O)cc3)c2)ccn1. The van der Waals surface area contributed by atoms with Gasteiger partial charge in [0.05, 0.1) is 12.4 Å². The molecule has 0 amide bonds. The average molecular weight is 394 g/mol. The van der Waals surface area contributed by atoms with Crippen LogP contribution >= 0.6 is 11.8 Å². The molecule has 0 atom stereocenters. The second-order valence-electron chi connectivity index (χ2n) is 6.08. The minimum atomic E-state index is -0.811. The van der Waals surface area contributed by atoms with Gasteiger partial charge in [0.2, 0.25) is 5.88 Å². The number of hydrogen-bond acceptors (Lipinski definition) is 5. The van der Waals surface area contributed by atoms with Crippen molar-refractivity contribution in [1.82, 2.24) is 4.98 Å². The normalized spacial score (nSPS) is 10.5. The lowest BCUT2D eigenvalue weighted by molar-refractivity contribution is -0.133. The maximum absolute atomic E-state index is 10.6. The standard InChI is InChI=1S/C22H22N2O3S/c1-2-27-21-13-18(10-11-23-21)17-5-3-4-16(12-17)14-24-19-6-8-20(9-7-19)28-15-22(25)26/h3-13,24H,2,14-15H2,1H3,(H,25,26). The molecule has 3 aromatic rings.